The molecule has 1 fully saturated rings. The van der Waals surface area contributed by atoms with Crippen LogP contribution < -0.4 is 40.6 Å². The van der Waals surface area contributed by atoms with E-state index in [1.54, 1.807) is 23.9 Å². The summed E-state index contributed by atoms with van der Waals surface area (Å²) < 4.78 is 1.80. The Kier molecular flexibility index (Phi) is 11.1. The smallest absolute Gasteiger partial charge is 0.383 e. The first kappa shape index (κ1) is 25.7. The standard InChI is InChI=1S/C18H23N5.C7H8N.Na/c1-15(12-22-14-19-13-21-22)23-10-6-9-18(23)16(2)20-11-17-7-4-3-5-8-17;8-6-7-4-2-1-3-5-7;/h3-5,7-8,13-14,18,20H,1-2,6,9-12H2;1-6H,8H2;/q;-1;+1. The van der Waals surface area contributed by atoms with Gasteiger partial charge in [0.1, 0.15) is 12.7 Å². The molecule has 1 unspecified atom stereocenters. The van der Waals surface area contributed by atoms with Crippen molar-refractivity contribution in [3.05, 3.63) is 116 Å². The maximum absolute atomic E-state index is 5.22. The van der Waals surface area contributed by atoms with Crippen molar-refractivity contribution >= 4 is 0 Å². The Morgan fingerprint density at radius 3 is 2.38 bits per heavy atom. The average molecular weight is 439 g/mol. The van der Waals surface area contributed by atoms with Crippen LogP contribution in [0.5, 0.6) is 0 Å². The molecule has 1 aliphatic rings. The summed E-state index contributed by atoms with van der Waals surface area (Å²) in [4.78, 5) is 6.32. The number of allylic oxidation sites excluding steroid dienone is 1. The van der Waals surface area contributed by atoms with Gasteiger partial charge in [-0.25, -0.2) is 9.67 Å². The normalized spacial score (nSPS) is 14.5. The van der Waals surface area contributed by atoms with E-state index in [0.29, 0.717) is 12.6 Å². The van der Waals surface area contributed by atoms with Crippen molar-refractivity contribution < 1.29 is 29.6 Å². The van der Waals surface area contributed by atoms with Crippen LogP contribution in [0.25, 0.3) is 0 Å². The van der Waals surface area contributed by atoms with E-state index in [9.17, 15) is 0 Å². The first-order valence-corrected chi connectivity index (χ1v) is 10.5. The van der Waals surface area contributed by atoms with Gasteiger partial charge < -0.3 is 16.0 Å². The monoisotopic (exact) mass is 438 g/mol. The van der Waals surface area contributed by atoms with Gasteiger partial charge in [0.25, 0.3) is 0 Å². The Balaban J connectivity index is 0.000000342. The fraction of sp³-hybridized carbons (Fsp3) is 0.240. The van der Waals surface area contributed by atoms with Crippen molar-refractivity contribution in [1.82, 2.24) is 25.0 Å². The predicted octanol–water partition coefficient (Wildman–Crippen LogP) is 0.719. The number of benzene rings is 2. The minimum Gasteiger partial charge on any atom is -0.383 e. The second kappa shape index (κ2) is 13.8. The van der Waals surface area contributed by atoms with Gasteiger partial charge in [-0.2, -0.15) is 22.8 Å². The van der Waals surface area contributed by atoms with Crippen molar-refractivity contribution in [1.29, 1.82) is 0 Å². The number of likely N-dealkylation sites (tertiary alicyclic amines) is 1. The molecular formula is C25H31N6Na. The number of hydrogen-bond donors (Lipinski definition) is 2. The second-order valence-corrected chi connectivity index (χ2v) is 7.45. The molecule has 0 aliphatic carbocycles. The van der Waals surface area contributed by atoms with Crippen molar-refractivity contribution in [3.8, 4) is 0 Å². The third-order valence-electron chi connectivity index (χ3n) is 5.23. The van der Waals surface area contributed by atoms with Crippen LogP contribution >= 0.6 is 0 Å². The first-order valence-electron chi connectivity index (χ1n) is 10.5. The fourth-order valence-corrected chi connectivity index (χ4v) is 3.59. The minimum absolute atomic E-state index is 0. The number of nitrogens with two attached hydrogens (primary N) is 1. The molecule has 32 heavy (non-hydrogen) atoms. The van der Waals surface area contributed by atoms with Gasteiger partial charge in [-0.15, -0.1) is 18.7 Å². The van der Waals surface area contributed by atoms with Crippen LogP contribution in [0.2, 0.25) is 0 Å². The van der Waals surface area contributed by atoms with Gasteiger partial charge in [-0.1, -0.05) is 49.6 Å². The van der Waals surface area contributed by atoms with Gasteiger partial charge in [-0.05, 0) is 18.4 Å². The summed E-state index contributed by atoms with van der Waals surface area (Å²) in [5.41, 5.74) is 9.67. The van der Waals surface area contributed by atoms with Crippen molar-refractivity contribution in [3.63, 3.8) is 0 Å². The van der Waals surface area contributed by atoms with E-state index in [1.165, 1.54) is 5.56 Å². The van der Waals surface area contributed by atoms with Crippen LogP contribution in [-0.2, 0) is 13.1 Å². The molecule has 0 spiro atoms. The van der Waals surface area contributed by atoms with E-state index in [2.05, 4.69) is 57.7 Å². The van der Waals surface area contributed by atoms with E-state index >= 15 is 0 Å². The summed E-state index contributed by atoms with van der Waals surface area (Å²) in [6.45, 7) is 12.6. The van der Waals surface area contributed by atoms with Crippen molar-refractivity contribution in [2.75, 3.05) is 6.54 Å². The number of hydrogen-bond acceptors (Lipinski definition) is 5. The molecule has 1 aliphatic heterocycles. The molecule has 4 rings (SSSR count). The molecule has 2 aromatic carbocycles. The van der Waals surface area contributed by atoms with Crippen LogP contribution in [0.15, 0.2) is 97.9 Å². The minimum atomic E-state index is 0. The van der Waals surface area contributed by atoms with E-state index in [0.717, 1.165) is 42.9 Å². The Morgan fingerprint density at radius 2 is 1.78 bits per heavy atom. The van der Waals surface area contributed by atoms with Gasteiger partial charge in [0.15, 0.2) is 0 Å². The summed E-state index contributed by atoms with van der Waals surface area (Å²) >= 11 is 0. The summed E-state index contributed by atoms with van der Waals surface area (Å²) in [6, 6.07) is 20.5. The molecule has 2 heterocycles. The van der Waals surface area contributed by atoms with Crippen LogP contribution in [0.1, 0.15) is 24.0 Å². The zero-order valence-electron chi connectivity index (χ0n) is 18.9. The molecule has 162 valence electrons. The Bertz CT molecular complexity index is 928. The molecular weight excluding hydrogens is 407 g/mol. The molecule has 6 nitrogen and oxygen atoms in total. The molecule has 1 atom stereocenters. The number of aromatic nitrogens is 3. The largest absolute Gasteiger partial charge is 1.00 e. The van der Waals surface area contributed by atoms with Gasteiger partial charge in [-0.3, -0.25) is 0 Å². The average Bonchev–Trinajstić information content (AvgIpc) is 3.51. The second-order valence-electron chi connectivity index (χ2n) is 7.45. The molecule has 0 saturated carbocycles. The maximum atomic E-state index is 5.22. The predicted molar refractivity (Wildman–Crippen MR) is 125 cm³/mol. The van der Waals surface area contributed by atoms with Crippen LogP contribution in [0.3, 0.4) is 0 Å². The molecule has 3 aromatic rings. The van der Waals surface area contributed by atoms with E-state index < -0.39 is 0 Å². The van der Waals surface area contributed by atoms with E-state index in [4.69, 9.17) is 5.73 Å². The van der Waals surface area contributed by atoms with Gasteiger partial charge >= 0.3 is 29.6 Å². The van der Waals surface area contributed by atoms with Crippen molar-refractivity contribution in [2.24, 2.45) is 5.73 Å². The summed E-state index contributed by atoms with van der Waals surface area (Å²) in [7, 11) is 0. The zero-order chi connectivity index (χ0) is 21.9. The summed E-state index contributed by atoms with van der Waals surface area (Å²) in [6.07, 6.45) is 5.54. The van der Waals surface area contributed by atoms with Gasteiger partial charge in [0.2, 0.25) is 0 Å². The molecule has 1 aromatic heterocycles. The molecule has 0 amide bonds. The Hall–Kier alpha value is -2.51. The quantitative estimate of drug-likeness (QED) is 0.401. The van der Waals surface area contributed by atoms with E-state index in [1.807, 2.05) is 36.4 Å². The molecule has 3 N–H and O–H groups in total. The topological polar surface area (TPSA) is 72.0 Å². The van der Waals surface area contributed by atoms with Crippen LogP contribution in [0, 0.1) is 6.54 Å². The van der Waals surface area contributed by atoms with Crippen LogP contribution in [0.4, 0.5) is 0 Å². The molecule has 0 bridgehead atoms. The number of nitrogens with one attached hydrogen (secondary N) is 1. The van der Waals surface area contributed by atoms with Crippen molar-refractivity contribution in [2.45, 2.75) is 32.0 Å². The van der Waals surface area contributed by atoms with Gasteiger partial charge in [0.05, 0.1) is 12.6 Å². The molecule has 1 saturated heterocycles. The summed E-state index contributed by atoms with van der Waals surface area (Å²) in [5, 5.41) is 7.63. The molecule has 7 heteroatoms. The maximum Gasteiger partial charge on any atom is 1.00 e. The molecule has 0 radical (unpaired) electrons. The summed E-state index contributed by atoms with van der Waals surface area (Å²) in [5.74, 6) is 0. The third-order valence-corrected chi connectivity index (χ3v) is 5.23. The number of nitrogens with zero attached hydrogens (tertiary/aromatic N) is 4. The van der Waals surface area contributed by atoms with Gasteiger partial charge in [0, 0.05) is 24.5 Å². The van der Waals surface area contributed by atoms with Crippen LogP contribution in [-0.4, -0.2) is 32.3 Å². The Morgan fingerprint density at radius 1 is 1.09 bits per heavy atom. The Labute approximate surface area is 213 Å². The SMILES string of the molecule is C=C(NCc1ccccc1)C1CCCN1C(=C)Cn1cncn1.N[CH-]c1ccccc1.[Na+]. The number of rotatable bonds is 8. The zero-order valence-corrected chi connectivity index (χ0v) is 20.9. The fourth-order valence-electron chi connectivity index (χ4n) is 3.59. The van der Waals surface area contributed by atoms with E-state index in [-0.39, 0.29) is 29.6 Å². The third kappa shape index (κ3) is 7.88. The first-order chi connectivity index (χ1) is 15.2.